The van der Waals surface area contributed by atoms with Gasteiger partial charge < -0.3 is 5.11 Å². The zero-order valence-corrected chi connectivity index (χ0v) is 10.7. The van der Waals surface area contributed by atoms with E-state index < -0.39 is 0 Å². The van der Waals surface area contributed by atoms with Crippen LogP contribution in [0.15, 0.2) is 11.6 Å². The molecular weight excluding hydrogens is 196 g/mol. The van der Waals surface area contributed by atoms with E-state index in [1.807, 2.05) is 0 Å². The number of aliphatic hydroxyl groups is 1. The van der Waals surface area contributed by atoms with Crippen molar-refractivity contribution >= 4 is 0 Å². The minimum absolute atomic E-state index is 0.300. The van der Waals surface area contributed by atoms with Gasteiger partial charge in [-0.1, -0.05) is 26.8 Å². The van der Waals surface area contributed by atoms with Gasteiger partial charge in [-0.2, -0.15) is 0 Å². The molecule has 0 saturated heterocycles. The molecule has 90 valence electrons. The Balaban J connectivity index is 1.93. The van der Waals surface area contributed by atoms with Crippen molar-refractivity contribution < 1.29 is 5.11 Å². The molecule has 5 atom stereocenters. The highest BCUT2D eigenvalue weighted by atomic mass is 16.3. The Morgan fingerprint density at radius 1 is 1.50 bits per heavy atom. The van der Waals surface area contributed by atoms with E-state index >= 15 is 0 Å². The summed E-state index contributed by atoms with van der Waals surface area (Å²) < 4.78 is 0. The van der Waals surface area contributed by atoms with E-state index in [1.54, 1.807) is 0 Å². The molecule has 3 fully saturated rings. The number of hydrogen-bond donors (Lipinski definition) is 1. The summed E-state index contributed by atoms with van der Waals surface area (Å²) in [7, 11) is 0. The second kappa shape index (κ2) is 3.35. The third-order valence-corrected chi connectivity index (χ3v) is 5.99. The second-order valence-electron chi connectivity index (χ2n) is 6.79. The highest BCUT2D eigenvalue weighted by molar-refractivity contribution is 5.29. The first-order chi connectivity index (χ1) is 7.59. The molecule has 0 aromatic carbocycles. The molecule has 1 heteroatoms. The molecule has 4 aliphatic carbocycles. The summed E-state index contributed by atoms with van der Waals surface area (Å²) in [6.07, 6.45) is 6.37. The first-order valence-corrected chi connectivity index (χ1v) is 6.89. The average molecular weight is 220 g/mol. The molecule has 0 radical (unpaired) electrons. The van der Waals surface area contributed by atoms with Crippen molar-refractivity contribution in [3.63, 3.8) is 0 Å². The van der Waals surface area contributed by atoms with Crippen molar-refractivity contribution in [1.82, 2.24) is 0 Å². The lowest BCUT2D eigenvalue weighted by molar-refractivity contribution is -0.183. The molecule has 4 rings (SSSR count). The van der Waals surface area contributed by atoms with Gasteiger partial charge in [0.1, 0.15) is 0 Å². The normalized spacial score (nSPS) is 49.9. The maximum Gasteiger partial charge on any atom is 0.0644 e. The number of rotatable bonds is 2. The summed E-state index contributed by atoms with van der Waals surface area (Å²) in [6, 6.07) is 0. The summed E-state index contributed by atoms with van der Waals surface area (Å²) in [5, 5.41) is 9.51. The molecule has 1 nitrogen and oxygen atoms in total. The van der Waals surface area contributed by atoms with Gasteiger partial charge in [-0.05, 0) is 59.8 Å². The molecule has 0 aromatic heterocycles. The first kappa shape index (κ1) is 10.8. The van der Waals surface area contributed by atoms with Gasteiger partial charge in [-0.15, -0.1) is 0 Å². The van der Waals surface area contributed by atoms with Crippen LogP contribution in [0.5, 0.6) is 0 Å². The summed E-state index contributed by atoms with van der Waals surface area (Å²) in [6.45, 7) is 7.53. The minimum Gasteiger partial charge on any atom is -0.392 e. The largest absolute Gasteiger partial charge is 0.392 e. The van der Waals surface area contributed by atoms with Crippen LogP contribution in [0.25, 0.3) is 0 Å². The van der Waals surface area contributed by atoms with Crippen LogP contribution in [-0.2, 0) is 0 Å². The van der Waals surface area contributed by atoms with Crippen molar-refractivity contribution in [3.05, 3.63) is 11.6 Å². The van der Waals surface area contributed by atoms with Crippen molar-refractivity contribution in [2.75, 3.05) is 6.61 Å². The van der Waals surface area contributed by atoms with Gasteiger partial charge in [-0.3, -0.25) is 0 Å². The van der Waals surface area contributed by atoms with Gasteiger partial charge in [0.2, 0.25) is 0 Å². The third kappa shape index (κ3) is 1.11. The standard InChI is InChI=1S/C15H24O/c1-9(2)11-6-7-15(3)12-5-4-10(8-16)14(15)13(11)12/h4,9,11-14,16H,5-8H2,1-3H3/t11-,12+,13+,14?,15?/m0/s1. The molecule has 1 N–H and O–H groups in total. The quantitative estimate of drug-likeness (QED) is 0.708. The lowest BCUT2D eigenvalue weighted by Gasteiger charge is -2.70. The zero-order chi connectivity index (χ0) is 11.5. The monoisotopic (exact) mass is 220 g/mol. The van der Waals surface area contributed by atoms with Crippen LogP contribution in [0.4, 0.5) is 0 Å². The van der Waals surface area contributed by atoms with Gasteiger partial charge in [-0.25, -0.2) is 0 Å². The lowest BCUT2D eigenvalue weighted by Crippen LogP contribution is -2.64. The number of fused-ring (bicyclic) bond motifs is 2. The molecule has 0 spiro atoms. The van der Waals surface area contributed by atoms with Crippen molar-refractivity contribution in [2.45, 2.75) is 40.0 Å². The van der Waals surface area contributed by atoms with Crippen LogP contribution >= 0.6 is 0 Å². The Morgan fingerprint density at radius 2 is 2.25 bits per heavy atom. The Morgan fingerprint density at radius 3 is 2.88 bits per heavy atom. The van der Waals surface area contributed by atoms with E-state index in [0.717, 1.165) is 29.6 Å². The molecule has 16 heavy (non-hydrogen) atoms. The van der Waals surface area contributed by atoms with Gasteiger partial charge in [0.15, 0.2) is 0 Å². The molecule has 0 aromatic rings. The Labute approximate surface area is 98.9 Å². The number of aliphatic hydroxyl groups excluding tert-OH is 1. The number of allylic oxidation sites excluding steroid dienone is 1. The average Bonchev–Trinajstić information content (AvgIpc) is 2.29. The van der Waals surface area contributed by atoms with E-state index in [4.69, 9.17) is 0 Å². The van der Waals surface area contributed by atoms with Gasteiger partial charge in [0.25, 0.3) is 0 Å². The second-order valence-corrected chi connectivity index (χ2v) is 6.79. The van der Waals surface area contributed by atoms with Crippen LogP contribution in [0.3, 0.4) is 0 Å². The van der Waals surface area contributed by atoms with Crippen molar-refractivity contribution in [3.8, 4) is 0 Å². The molecule has 0 amide bonds. The molecule has 2 unspecified atom stereocenters. The topological polar surface area (TPSA) is 20.2 Å². The smallest absolute Gasteiger partial charge is 0.0644 e. The highest BCUT2D eigenvalue weighted by Crippen LogP contribution is 2.71. The van der Waals surface area contributed by atoms with E-state index in [9.17, 15) is 5.11 Å². The predicted molar refractivity (Wildman–Crippen MR) is 65.9 cm³/mol. The molecule has 4 aliphatic rings. The number of hydrogen-bond acceptors (Lipinski definition) is 1. The Kier molecular flexibility index (Phi) is 2.27. The van der Waals surface area contributed by atoms with E-state index in [-0.39, 0.29) is 0 Å². The predicted octanol–water partition coefficient (Wildman–Crippen LogP) is 3.24. The minimum atomic E-state index is 0.300. The van der Waals surface area contributed by atoms with Crippen LogP contribution in [-0.4, -0.2) is 11.7 Å². The molecule has 0 heterocycles. The summed E-state index contributed by atoms with van der Waals surface area (Å²) in [5.41, 5.74) is 1.91. The van der Waals surface area contributed by atoms with Crippen molar-refractivity contribution in [2.24, 2.45) is 35.0 Å². The van der Waals surface area contributed by atoms with E-state index in [2.05, 4.69) is 26.8 Å². The molecule has 4 bridgehead atoms. The fourth-order valence-corrected chi connectivity index (χ4v) is 5.22. The molecular formula is C15H24O. The molecule has 0 aliphatic heterocycles. The fourth-order valence-electron chi connectivity index (χ4n) is 5.22. The van der Waals surface area contributed by atoms with E-state index in [1.165, 1.54) is 24.8 Å². The fraction of sp³-hybridized carbons (Fsp3) is 0.867. The maximum absolute atomic E-state index is 9.51. The lowest BCUT2D eigenvalue weighted by atomic mass is 9.34. The summed E-state index contributed by atoms with van der Waals surface area (Å²) >= 11 is 0. The maximum atomic E-state index is 9.51. The third-order valence-electron chi connectivity index (χ3n) is 5.99. The molecule has 3 saturated carbocycles. The Hall–Kier alpha value is -0.300. The van der Waals surface area contributed by atoms with Crippen LogP contribution in [0, 0.1) is 35.0 Å². The van der Waals surface area contributed by atoms with E-state index in [0.29, 0.717) is 12.0 Å². The zero-order valence-electron chi connectivity index (χ0n) is 10.7. The van der Waals surface area contributed by atoms with Gasteiger partial charge >= 0.3 is 0 Å². The van der Waals surface area contributed by atoms with Gasteiger partial charge in [0.05, 0.1) is 6.61 Å². The Bertz CT molecular complexity index is 330. The van der Waals surface area contributed by atoms with Crippen LogP contribution in [0.2, 0.25) is 0 Å². The SMILES string of the molecule is CC(C)[C@@H]1CCC2(C)C3C(CO)=CC[C@@H]2[C@H]31. The van der Waals surface area contributed by atoms with Crippen LogP contribution in [0.1, 0.15) is 40.0 Å². The first-order valence-electron chi connectivity index (χ1n) is 6.89. The summed E-state index contributed by atoms with van der Waals surface area (Å²) in [4.78, 5) is 0. The van der Waals surface area contributed by atoms with Crippen molar-refractivity contribution in [1.29, 1.82) is 0 Å². The summed E-state index contributed by atoms with van der Waals surface area (Å²) in [5.74, 6) is 4.27. The highest BCUT2D eigenvalue weighted by Gasteiger charge is 2.65. The van der Waals surface area contributed by atoms with Gasteiger partial charge in [0, 0.05) is 0 Å². The van der Waals surface area contributed by atoms with Crippen LogP contribution < -0.4 is 0 Å².